The van der Waals surface area contributed by atoms with E-state index in [1.807, 2.05) is 55.5 Å². The Morgan fingerprint density at radius 1 is 1.00 bits per heavy atom. The highest BCUT2D eigenvalue weighted by Crippen LogP contribution is 2.30. The molecule has 94 valence electrons. The molecule has 4 heteroatoms. The van der Waals surface area contributed by atoms with Gasteiger partial charge in [-0.1, -0.05) is 36.4 Å². The number of hydrogen-bond donors (Lipinski definition) is 1. The molecule has 0 unspecified atom stereocenters. The molecule has 0 saturated heterocycles. The molecule has 0 atom stereocenters. The van der Waals surface area contributed by atoms with Crippen LogP contribution in [0.15, 0.2) is 54.7 Å². The number of pyridine rings is 1. The van der Waals surface area contributed by atoms with E-state index in [9.17, 15) is 0 Å². The summed E-state index contributed by atoms with van der Waals surface area (Å²) in [6.07, 6.45) is 1.73. The molecule has 0 aliphatic rings. The third-order valence-electron chi connectivity index (χ3n) is 3.02. The first kappa shape index (κ1) is 11.5. The van der Waals surface area contributed by atoms with Crippen LogP contribution in [0.25, 0.3) is 16.9 Å². The summed E-state index contributed by atoms with van der Waals surface area (Å²) in [4.78, 5) is 4.28. The molecule has 19 heavy (non-hydrogen) atoms. The molecular formula is C15H14N4. The summed E-state index contributed by atoms with van der Waals surface area (Å²) < 4.78 is 1.68. The van der Waals surface area contributed by atoms with Gasteiger partial charge < -0.3 is 5.73 Å². The van der Waals surface area contributed by atoms with Crippen LogP contribution in [-0.2, 0) is 0 Å². The number of hydrogen-bond acceptors (Lipinski definition) is 3. The van der Waals surface area contributed by atoms with E-state index in [4.69, 9.17) is 5.73 Å². The second-order valence-electron chi connectivity index (χ2n) is 4.31. The van der Waals surface area contributed by atoms with Gasteiger partial charge in [-0.2, -0.15) is 9.78 Å². The van der Waals surface area contributed by atoms with E-state index in [2.05, 4.69) is 10.1 Å². The number of nitrogens with zero attached hydrogens (tertiary/aromatic N) is 3. The number of anilines is 1. The molecule has 2 heterocycles. The first-order chi connectivity index (χ1) is 9.27. The largest absolute Gasteiger partial charge is 0.383 e. The van der Waals surface area contributed by atoms with Crippen molar-refractivity contribution in [1.82, 2.24) is 14.8 Å². The minimum atomic E-state index is 0.613. The van der Waals surface area contributed by atoms with E-state index in [0.717, 1.165) is 22.6 Å². The Balaban J connectivity index is 2.17. The Hall–Kier alpha value is -2.62. The number of nitrogens with two attached hydrogens (primary N) is 1. The summed E-state index contributed by atoms with van der Waals surface area (Å²) in [6, 6.07) is 15.7. The van der Waals surface area contributed by atoms with Gasteiger partial charge in [0.05, 0.1) is 5.69 Å². The average molecular weight is 250 g/mol. The topological polar surface area (TPSA) is 56.7 Å². The van der Waals surface area contributed by atoms with Gasteiger partial charge in [0.2, 0.25) is 0 Å². The van der Waals surface area contributed by atoms with Crippen molar-refractivity contribution < 1.29 is 0 Å². The normalized spacial score (nSPS) is 10.6. The molecule has 2 N–H and O–H groups in total. The van der Waals surface area contributed by atoms with Crippen LogP contribution >= 0.6 is 0 Å². The zero-order chi connectivity index (χ0) is 13.2. The summed E-state index contributed by atoms with van der Waals surface area (Å²) in [7, 11) is 0. The maximum Gasteiger partial charge on any atom is 0.155 e. The van der Waals surface area contributed by atoms with Gasteiger partial charge in [0.25, 0.3) is 0 Å². The van der Waals surface area contributed by atoms with Crippen LogP contribution < -0.4 is 5.73 Å². The Morgan fingerprint density at radius 3 is 2.42 bits per heavy atom. The standard InChI is InChI=1S/C15H14N4/c1-11-14(12-7-3-2-4-8-12)15(16)19(18-11)13-9-5-6-10-17-13/h2-10H,16H2,1H3. The van der Waals surface area contributed by atoms with Gasteiger partial charge in [-0.05, 0) is 24.6 Å². The number of aromatic nitrogens is 3. The van der Waals surface area contributed by atoms with Crippen LogP contribution in [0.2, 0.25) is 0 Å². The molecule has 0 spiro atoms. The lowest BCUT2D eigenvalue weighted by atomic mass is 10.1. The highest BCUT2D eigenvalue weighted by Gasteiger charge is 2.15. The average Bonchev–Trinajstić information content (AvgIpc) is 2.76. The van der Waals surface area contributed by atoms with Gasteiger partial charge in [-0.3, -0.25) is 0 Å². The van der Waals surface area contributed by atoms with Crippen LogP contribution in [0.4, 0.5) is 5.82 Å². The first-order valence-corrected chi connectivity index (χ1v) is 6.09. The lowest BCUT2D eigenvalue weighted by Gasteiger charge is -2.04. The quantitative estimate of drug-likeness (QED) is 0.760. The lowest BCUT2D eigenvalue weighted by Crippen LogP contribution is -2.03. The molecule has 0 fully saturated rings. The van der Waals surface area contributed by atoms with Crippen molar-refractivity contribution in [1.29, 1.82) is 0 Å². The fourth-order valence-electron chi connectivity index (χ4n) is 2.16. The highest BCUT2D eigenvalue weighted by atomic mass is 15.3. The molecule has 0 saturated carbocycles. The number of nitrogen functional groups attached to an aromatic ring is 1. The summed E-state index contributed by atoms with van der Waals surface area (Å²) in [5, 5.41) is 4.49. The summed E-state index contributed by atoms with van der Waals surface area (Å²) in [5.41, 5.74) is 9.16. The van der Waals surface area contributed by atoms with Crippen molar-refractivity contribution in [3.63, 3.8) is 0 Å². The summed E-state index contributed by atoms with van der Waals surface area (Å²) in [6.45, 7) is 1.96. The Bertz CT molecular complexity index is 687. The van der Waals surface area contributed by atoms with Crippen molar-refractivity contribution in [2.45, 2.75) is 6.92 Å². The van der Waals surface area contributed by atoms with Crippen molar-refractivity contribution in [3.8, 4) is 16.9 Å². The van der Waals surface area contributed by atoms with Crippen LogP contribution in [0, 0.1) is 6.92 Å². The van der Waals surface area contributed by atoms with Crippen molar-refractivity contribution in [2.24, 2.45) is 0 Å². The molecular weight excluding hydrogens is 236 g/mol. The van der Waals surface area contributed by atoms with Crippen LogP contribution in [0.5, 0.6) is 0 Å². The van der Waals surface area contributed by atoms with Crippen molar-refractivity contribution in [2.75, 3.05) is 5.73 Å². The highest BCUT2D eigenvalue weighted by molar-refractivity contribution is 5.77. The Morgan fingerprint density at radius 2 is 1.74 bits per heavy atom. The van der Waals surface area contributed by atoms with E-state index in [-0.39, 0.29) is 0 Å². The SMILES string of the molecule is Cc1nn(-c2ccccn2)c(N)c1-c1ccccc1. The minimum absolute atomic E-state index is 0.613. The second-order valence-corrected chi connectivity index (χ2v) is 4.31. The van der Waals surface area contributed by atoms with Crippen molar-refractivity contribution >= 4 is 5.82 Å². The van der Waals surface area contributed by atoms with Gasteiger partial charge in [0.1, 0.15) is 5.82 Å². The molecule has 4 nitrogen and oxygen atoms in total. The maximum atomic E-state index is 6.23. The Kier molecular flexibility index (Phi) is 2.76. The van der Waals surface area contributed by atoms with E-state index >= 15 is 0 Å². The molecule has 0 amide bonds. The molecule has 3 aromatic rings. The van der Waals surface area contributed by atoms with Crippen molar-refractivity contribution in [3.05, 3.63) is 60.4 Å². The Labute approximate surface area is 111 Å². The predicted octanol–water partition coefficient (Wildman–Crippen LogP) is 2.82. The van der Waals surface area contributed by atoms with Gasteiger partial charge >= 0.3 is 0 Å². The van der Waals surface area contributed by atoms with Crippen LogP contribution in [-0.4, -0.2) is 14.8 Å². The molecule has 2 aromatic heterocycles. The molecule has 3 rings (SSSR count). The fraction of sp³-hybridized carbons (Fsp3) is 0.0667. The molecule has 1 aromatic carbocycles. The van der Waals surface area contributed by atoms with Crippen LogP contribution in [0.1, 0.15) is 5.69 Å². The van der Waals surface area contributed by atoms with Gasteiger partial charge in [0, 0.05) is 11.8 Å². The number of aryl methyl sites for hydroxylation is 1. The maximum absolute atomic E-state index is 6.23. The summed E-state index contributed by atoms with van der Waals surface area (Å²) >= 11 is 0. The minimum Gasteiger partial charge on any atom is -0.383 e. The molecule has 0 aliphatic carbocycles. The molecule has 0 radical (unpaired) electrons. The van der Waals surface area contributed by atoms with Gasteiger partial charge in [-0.15, -0.1) is 0 Å². The summed E-state index contributed by atoms with van der Waals surface area (Å²) in [5.74, 6) is 1.34. The third kappa shape index (κ3) is 1.97. The number of benzene rings is 1. The third-order valence-corrected chi connectivity index (χ3v) is 3.02. The van der Waals surface area contributed by atoms with E-state index in [1.54, 1.807) is 10.9 Å². The van der Waals surface area contributed by atoms with E-state index < -0.39 is 0 Å². The zero-order valence-corrected chi connectivity index (χ0v) is 10.6. The van der Waals surface area contributed by atoms with Gasteiger partial charge in [0.15, 0.2) is 5.82 Å². The zero-order valence-electron chi connectivity index (χ0n) is 10.6. The van der Waals surface area contributed by atoms with Gasteiger partial charge in [-0.25, -0.2) is 4.98 Å². The van der Waals surface area contributed by atoms with Crippen LogP contribution in [0.3, 0.4) is 0 Å². The molecule has 0 aliphatic heterocycles. The monoisotopic (exact) mass is 250 g/mol. The number of rotatable bonds is 2. The molecule has 0 bridgehead atoms. The van der Waals surface area contributed by atoms with E-state index in [1.165, 1.54) is 0 Å². The van der Waals surface area contributed by atoms with E-state index in [0.29, 0.717) is 5.82 Å². The fourth-order valence-corrected chi connectivity index (χ4v) is 2.16. The first-order valence-electron chi connectivity index (χ1n) is 6.09. The lowest BCUT2D eigenvalue weighted by molar-refractivity contribution is 0.841. The predicted molar refractivity (Wildman–Crippen MR) is 75.9 cm³/mol. The smallest absolute Gasteiger partial charge is 0.155 e. The second kappa shape index (κ2) is 4.57.